The van der Waals surface area contributed by atoms with E-state index < -0.39 is 30.8 Å². The number of aliphatic hydroxyl groups is 2. The van der Waals surface area contributed by atoms with Gasteiger partial charge in [0.1, 0.15) is 29.8 Å². The van der Waals surface area contributed by atoms with Crippen molar-refractivity contribution in [3.63, 3.8) is 0 Å². The van der Waals surface area contributed by atoms with Crippen LogP contribution in [0.1, 0.15) is 15.9 Å². The third-order valence-electron chi connectivity index (χ3n) is 6.15. The topological polar surface area (TPSA) is 141 Å². The number of para-hydroxylation sites is 2. The van der Waals surface area contributed by atoms with Crippen molar-refractivity contribution in [2.24, 2.45) is 0 Å². The van der Waals surface area contributed by atoms with Crippen molar-refractivity contribution < 1.29 is 34.4 Å². The van der Waals surface area contributed by atoms with Gasteiger partial charge in [-0.15, -0.1) is 0 Å². The van der Waals surface area contributed by atoms with Crippen LogP contribution in [0.15, 0.2) is 103 Å². The molecular formula is C31H31N3O7. The molecule has 0 aliphatic rings. The van der Waals surface area contributed by atoms with Gasteiger partial charge in [0.15, 0.2) is 0 Å². The monoisotopic (exact) mass is 557 g/mol. The second-order valence-electron chi connectivity index (χ2n) is 9.18. The summed E-state index contributed by atoms with van der Waals surface area (Å²) in [6, 6.07) is 27.2. The first-order chi connectivity index (χ1) is 19.9. The van der Waals surface area contributed by atoms with E-state index in [1.165, 1.54) is 6.20 Å². The van der Waals surface area contributed by atoms with Gasteiger partial charge in [-0.25, -0.2) is 9.78 Å². The van der Waals surface area contributed by atoms with Crippen LogP contribution in [0, 0.1) is 0 Å². The van der Waals surface area contributed by atoms with Gasteiger partial charge in [0.05, 0.1) is 19.2 Å². The summed E-state index contributed by atoms with van der Waals surface area (Å²) < 4.78 is 11.3. The molecule has 0 unspecified atom stereocenters. The lowest BCUT2D eigenvalue weighted by Gasteiger charge is -2.30. The average molecular weight is 558 g/mol. The van der Waals surface area contributed by atoms with E-state index in [-0.39, 0.29) is 31.0 Å². The van der Waals surface area contributed by atoms with Crippen molar-refractivity contribution >= 4 is 17.7 Å². The van der Waals surface area contributed by atoms with E-state index in [0.29, 0.717) is 17.2 Å². The summed E-state index contributed by atoms with van der Waals surface area (Å²) in [4.78, 5) is 30.1. The molecule has 0 saturated heterocycles. The maximum absolute atomic E-state index is 13.0. The van der Waals surface area contributed by atoms with E-state index in [0.717, 1.165) is 10.5 Å². The van der Waals surface area contributed by atoms with Crippen LogP contribution in [0.3, 0.4) is 0 Å². The summed E-state index contributed by atoms with van der Waals surface area (Å²) >= 11 is 0. The Morgan fingerprint density at radius 1 is 0.878 bits per heavy atom. The molecule has 0 spiro atoms. The number of carbonyl (C=O) groups excluding carboxylic acids is 1. The lowest BCUT2D eigenvalue weighted by molar-refractivity contribution is 0.0388. The molecule has 1 aromatic heterocycles. The number of carboxylic acid groups (broad SMARTS) is 1. The second kappa shape index (κ2) is 14.5. The van der Waals surface area contributed by atoms with E-state index in [9.17, 15) is 24.9 Å². The molecule has 41 heavy (non-hydrogen) atoms. The molecule has 3 aromatic carbocycles. The van der Waals surface area contributed by atoms with Crippen LogP contribution in [0.4, 0.5) is 10.5 Å². The molecule has 4 rings (SSSR count). The van der Waals surface area contributed by atoms with Gasteiger partial charge in [-0.2, -0.15) is 0 Å². The Bertz CT molecular complexity index is 1400. The van der Waals surface area contributed by atoms with E-state index in [1.807, 2.05) is 24.3 Å². The number of benzene rings is 3. The number of hydrogen-bond acceptors (Lipinski definition) is 7. The fourth-order valence-corrected chi connectivity index (χ4v) is 4.09. The summed E-state index contributed by atoms with van der Waals surface area (Å²) in [5, 5.41) is 32.9. The van der Waals surface area contributed by atoms with Gasteiger partial charge in [-0.1, -0.05) is 48.5 Å². The molecule has 10 heteroatoms. The predicted octanol–water partition coefficient (Wildman–Crippen LogP) is 4.45. The molecule has 0 aliphatic carbocycles. The summed E-state index contributed by atoms with van der Waals surface area (Å²) in [6.45, 7) is -0.780. The maximum atomic E-state index is 13.0. The number of rotatable bonds is 13. The lowest BCUT2D eigenvalue weighted by atomic mass is 10.0. The normalized spacial score (nSPS) is 12.1. The number of nitrogens with one attached hydrogen (secondary N) is 1. The largest absolute Gasteiger partial charge is 0.491 e. The second-order valence-corrected chi connectivity index (χ2v) is 9.18. The first-order valence-electron chi connectivity index (χ1n) is 13.0. The molecule has 2 atom stereocenters. The Hall–Kier alpha value is -4.93. The molecule has 4 N–H and O–H groups in total. The number of aromatic nitrogens is 1. The number of aliphatic hydroxyl groups excluding tert-OH is 2. The fourth-order valence-electron chi connectivity index (χ4n) is 4.09. The van der Waals surface area contributed by atoms with E-state index >= 15 is 0 Å². The Labute approximate surface area is 237 Å². The molecule has 10 nitrogen and oxygen atoms in total. The zero-order valence-electron chi connectivity index (χ0n) is 22.2. The van der Waals surface area contributed by atoms with Crippen LogP contribution < -0.4 is 14.8 Å². The van der Waals surface area contributed by atoms with Gasteiger partial charge in [0, 0.05) is 11.9 Å². The molecule has 0 bridgehead atoms. The van der Waals surface area contributed by atoms with Gasteiger partial charge in [0.25, 0.3) is 5.91 Å². The summed E-state index contributed by atoms with van der Waals surface area (Å²) in [6.07, 6.45) is -0.629. The predicted molar refractivity (Wildman–Crippen MR) is 152 cm³/mol. The highest BCUT2D eigenvalue weighted by molar-refractivity contribution is 6.05. The molecular weight excluding hydrogens is 526 g/mol. The first kappa shape index (κ1) is 29.1. The van der Waals surface area contributed by atoms with Crippen molar-refractivity contribution in [2.45, 2.75) is 18.6 Å². The van der Waals surface area contributed by atoms with Crippen molar-refractivity contribution in [1.29, 1.82) is 0 Å². The number of hydrogen-bond donors (Lipinski definition) is 4. The van der Waals surface area contributed by atoms with Crippen LogP contribution in [-0.4, -0.2) is 69.1 Å². The number of ether oxygens (including phenoxy) is 2. The SMILES string of the molecule is O=C(Nc1ccc(C[C@@H](CO)N(C[C@H](O)COc2ccccc2)C(=O)O)cc1)c1cccnc1Oc1ccccc1. The summed E-state index contributed by atoms with van der Waals surface area (Å²) in [7, 11) is 0. The number of carbonyl (C=O) groups is 2. The van der Waals surface area contributed by atoms with Crippen molar-refractivity contribution in [3.05, 3.63) is 114 Å². The van der Waals surface area contributed by atoms with Crippen LogP contribution in [0.5, 0.6) is 17.4 Å². The highest BCUT2D eigenvalue weighted by atomic mass is 16.5. The first-order valence-corrected chi connectivity index (χ1v) is 13.0. The van der Waals surface area contributed by atoms with Crippen LogP contribution in [-0.2, 0) is 6.42 Å². The zero-order valence-corrected chi connectivity index (χ0v) is 22.2. The van der Waals surface area contributed by atoms with E-state index in [2.05, 4.69) is 10.3 Å². The summed E-state index contributed by atoms with van der Waals surface area (Å²) in [5.41, 5.74) is 1.50. The summed E-state index contributed by atoms with van der Waals surface area (Å²) in [5.74, 6) is 0.870. The Balaban J connectivity index is 1.36. The average Bonchev–Trinajstić information content (AvgIpc) is 3.00. The number of amides is 2. The van der Waals surface area contributed by atoms with Gasteiger partial charge < -0.3 is 35.0 Å². The van der Waals surface area contributed by atoms with E-state index in [1.54, 1.807) is 72.8 Å². The molecule has 4 aromatic rings. The number of pyridine rings is 1. The minimum atomic E-state index is -1.27. The van der Waals surface area contributed by atoms with Crippen LogP contribution >= 0.6 is 0 Å². The smallest absolute Gasteiger partial charge is 0.407 e. The molecule has 2 amide bonds. The fraction of sp³-hybridized carbons (Fsp3) is 0.194. The highest BCUT2D eigenvalue weighted by Crippen LogP contribution is 2.24. The third kappa shape index (κ3) is 8.53. The number of anilines is 1. The quantitative estimate of drug-likeness (QED) is 0.189. The maximum Gasteiger partial charge on any atom is 0.407 e. The minimum absolute atomic E-state index is 0.102. The molecule has 0 saturated carbocycles. The van der Waals surface area contributed by atoms with Gasteiger partial charge >= 0.3 is 6.09 Å². The third-order valence-corrected chi connectivity index (χ3v) is 6.15. The Morgan fingerprint density at radius 3 is 2.17 bits per heavy atom. The molecule has 212 valence electrons. The van der Waals surface area contributed by atoms with Crippen LogP contribution in [0.25, 0.3) is 0 Å². The zero-order chi connectivity index (χ0) is 29.0. The molecule has 0 fully saturated rings. The van der Waals surface area contributed by atoms with Crippen molar-refractivity contribution in [1.82, 2.24) is 9.88 Å². The van der Waals surface area contributed by atoms with Gasteiger partial charge in [0.2, 0.25) is 5.88 Å². The van der Waals surface area contributed by atoms with Crippen molar-refractivity contribution in [3.8, 4) is 17.4 Å². The molecule has 0 aliphatic heterocycles. The van der Waals surface area contributed by atoms with Gasteiger partial charge in [-0.05, 0) is 60.5 Å². The molecule has 0 radical (unpaired) electrons. The minimum Gasteiger partial charge on any atom is -0.491 e. The molecule has 1 heterocycles. The highest BCUT2D eigenvalue weighted by Gasteiger charge is 2.26. The lowest BCUT2D eigenvalue weighted by Crippen LogP contribution is -2.48. The Morgan fingerprint density at radius 2 is 1.54 bits per heavy atom. The standard InChI is InChI=1S/C31H31N3O7/c35-20-24(34(31(38)39)19-25(36)21-40-26-8-3-1-4-9-26)18-22-13-15-23(16-14-22)33-29(37)28-12-7-17-32-30(28)41-27-10-5-2-6-11-27/h1-17,24-25,35-36H,18-21H2,(H,33,37)(H,38,39)/t24-,25-/m0/s1. The number of nitrogens with zero attached hydrogens (tertiary/aromatic N) is 2. The van der Waals surface area contributed by atoms with E-state index in [4.69, 9.17) is 9.47 Å². The van der Waals surface area contributed by atoms with Gasteiger partial charge in [-0.3, -0.25) is 4.79 Å². The Kier molecular flexibility index (Phi) is 10.2. The van der Waals surface area contributed by atoms with Crippen LogP contribution in [0.2, 0.25) is 0 Å². The van der Waals surface area contributed by atoms with Crippen molar-refractivity contribution in [2.75, 3.05) is 25.1 Å².